The molecule has 1 aliphatic rings. The molecule has 1 saturated heterocycles. The molecular weight excluding hydrogens is 430 g/mol. The number of carbonyl (C=O) groups excluding carboxylic acids is 3. The Labute approximate surface area is 198 Å². The maximum absolute atomic E-state index is 13.1. The van der Waals surface area contributed by atoms with Crippen LogP contribution in [0.1, 0.15) is 35.3 Å². The number of benzene rings is 3. The number of nitrogens with one attached hydrogen (secondary N) is 2. The van der Waals surface area contributed by atoms with Gasteiger partial charge in [-0.1, -0.05) is 54.6 Å². The van der Waals surface area contributed by atoms with Crippen LogP contribution in [0.3, 0.4) is 0 Å². The summed E-state index contributed by atoms with van der Waals surface area (Å²) in [5.74, 6) is -0.705. The number of nitrogens with zero attached hydrogens (tertiary/aromatic N) is 1. The van der Waals surface area contributed by atoms with E-state index in [0.717, 1.165) is 5.56 Å². The average molecular weight is 458 g/mol. The Morgan fingerprint density at radius 2 is 1.65 bits per heavy atom. The predicted octanol–water partition coefficient (Wildman–Crippen LogP) is 4.18. The number of para-hydroxylation sites is 3. The van der Waals surface area contributed by atoms with Crippen molar-refractivity contribution in [3.63, 3.8) is 0 Å². The van der Waals surface area contributed by atoms with Gasteiger partial charge in [0.05, 0.1) is 36.0 Å². The van der Waals surface area contributed by atoms with E-state index in [1.165, 1.54) is 0 Å². The van der Waals surface area contributed by atoms with Crippen molar-refractivity contribution in [3.05, 3.63) is 90.0 Å². The summed E-state index contributed by atoms with van der Waals surface area (Å²) in [5.41, 5.74) is 2.40. The lowest BCUT2D eigenvalue weighted by Gasteiger charge is -2.20. The molecule has 1 fully saturated rings. The summed E-state index contributed by atoms with van der Waals surface area (Å²) >= 11 is 0. The zero-order chi connectivity index (χ0) is 24.1. The summed E-state index contributed by atoms with van der Waals surface area (Å²) in [6, 6.07) is 23.6. The van der Waals surface area contributed by atoms with E-state index in [4.69, 9.17) is 4.74 Å². The van der Waals surface area contributed by atoms with Gasteiger partial charge in [0.2, 0.25) is 11.8 Å². The third kappa shape index (κ3) is 4.93. The standard InChI is InChI=1S/C27H27N3O4/c1-18(19-10-4-3-5-11-19)28-27(33)21-12-6-7-13-22(21)29-26(32)20-16-25(31)30(17-20)23-14-8-9-15-24(23)34-2/h3-15,18,20H,16-17H2,1-2H3,(H,28,33)(H,29,32). The Kier molecular flexibility index (Phi) is 6.92. The van der Waals surface area contributed by atoms with Gasteiger partial charge in [-0.15, -0.1) is 0 Å². The fourth-order valence-corrected chi connectivity index (χ4v) is 4.09. The molecule has 174 valence electrons. The lowest BCUT2D eigenvalue weighted by Crippen LogP contribution is -2.30. The maximum Gasteiger partial charge on any atom is 0.253 e. The molecule has 0 aromatic heterocycles. The largest absolute Gasteiger partial charge is 0.495 e. The third-order valence-electron chi connectivity index (χ3n) is 5.95. The smallest absolute Gasteiger partial charge is 0.253 e. The Hall–Kier alpha value is -4.13. The van der Waals surface area contributed by atoms with Crippen LogP contribution in [0.25, 0.3) is 0 Å². The predicted molar refractivity (Wildman–Crippen MR) is 131 cm³/mol. The van der Waals surface area contributed by atoms with Crippen molar-refractivity contribution in [2.45, 2.75) is 19.4 Å². The lowest BCUT2D eigenvalue weighted by molar-refractivity contribution is -0.122. The summed E-state index contributed by atoms with van der Waals surface area (Å²) in [4.78, 5) is 40.3. The Morgan fingerprint density at radius 3 is 2.41 bits per heavy atom. The third-order valence-corrected chi connectivity index (χ3v) is 5.95. The van der Waals surface area contributed by atoms with E-state index in [0.29, 0.717) is 22.7 Å². The first-order chi connectivity index (χ1) is 16.5. The minimum atomic E-state index is -0.545. The molecule has 0 spiro atoms. The second-order valence-corrected chi connectivity index (χ2v) is 8.22. The number of hydrogen-bond acceptors (Lipinski definition) is 4. The highest BCUT2D eigenvalue weighted by Gasteiger charge is 2.36. The second kappa shape index (κ2) is 10.2. The Morgan fingerprint density at radius 1 is 0.971 bits per heavy atom. The first-order valence-corrected chi connectivity index (χ1v) is 11.2. The zero-order valence-electron chi connectivity index (χ0n) is 19.2. The highest BCUT2D eigenvalue weighted by Crippen LogP contribution is 2.33. The van der Waals surface area contributed by atoms with E-state index in [1.54, 1.807) is 48.4 Å². The van der Waals surface area contributed by atoms with Crippen molar-refractivity contribution in [3.8, 4) is 5.75 Å². The second-order valence-electron chi connectivity index (χ2n) is 8.22. The van der Waals surface area contributed by atoms with E-state index in [-0.39, 0.29) is 36.7 Å². The van der Waals surface area contributed by atoms with Gasteiger partial charge in [0, 0.05) is 13.0 Å². The highest BCUT2D eigenvalue weighted by molar-refractivity contribution is 6.07. The number of carbonyl (C=O) groups is 3. The summed E-state index contributed by atoms with van der Waals surface area (Å²) in [7, 11) is 1.55. The quantitative estimate of drug-likeness (QED) is 0.557. The molecule has 3 aromatic rings. The summed E-state index contributed by atoms with van der Waals surface area (Å²) in [6.45, 7) is 2.15. The Balaban J connectivity index is 1.46. The zero-order valence-corrected chi connectivity index (χ0v) is 19.2. The van der Waals surface area contributed by atoms with Crippen molar-refractivity contribution >= 4 is 29.1 Å². The molecule has 1 aliphatic heterocycles. The van der Waals surface area contributed by atoms with Crippen LogP contribution >= 0.6 is 0 Å². The normalized spacial score (nSPS) is 16.1. The monoisotopic (exact) mass is 457 g/mol. The van der Waals surface area contributed by atoms with Crippen LogP contribution in [-0.2, 0) is 9.59 Å². The van der Waals surface area contributed by atoms with Crippen LogP contribution in [0.15, 0.2) is 78.9 Å². The number of anilines is 2. The SMILES string of the molecule is COc1ccccc1N1CC(C(=O)Nc2ccccc2C(=O)NC(C)c2ccccc2)CC1=O. The summed E-state index contributed by atoms with van der Waals surface area (Å²) < 4.78 is 5.36. The topological polar surface area (TPSA) is 87.7 Å². The first-order valence-electron chi connectivity index (χ1n) is 11.2. The van der Waals surface area contributed by atoms with E-state index >= 15 is 0 Å². The van der Waals surface area contributed by atoms with Gasteiger partial charge in [-0.3, -0.25) is 14.4 Å². The average Bonchev–Trinajstić information content (AvgIpc) is 3.26. The molecule has 2 N–H and O–H groups in total. The molecule has 4 rings (SSSR count). The molecule has 0 saturated carbocycles. The minimum absolute atomic E-state index is 0.0866. The van der Waals surface area contributed by atoms with E-state index in [2.05, 4.69) is 10.6 Å². The number of hydrogen-bond donors (Lipinski definition) is 2. The van der Waals surface area contributed by atoms with Crippen LogP contribution in [0, 0.1) is 5.92 Å². The van der Waals surface area contributed by atoms with Crippen LogP contribution in [0.4, 0.5) is 11.4 Å². The lowest BCUT2D eigenvalue weighted by atomic mass is 10.1. The van der Waals surface area contributed by atoms with Gasteiger partial charge in [0.1, 0.15) is 5.75 Å². The van der Waals surface area contributed by atoms with Gasteiger partial charge in [-0.05, 0) is 36.8 Å². The van der Waals surface area contributed by atoms with Gasteiger partial charge in [-0.25, -0.2) is 0 Å². The molecule has 3 aromatic carbocycles. The molecular formula is C27H27N3O4. The van der Waals surface area contributed by atoms with Crippen molar-refractivity contribution < 1.29 is 19.1 Å². The highest BCUT2D eigenvalue weighted by atomic mass is 16.5. The fraction of sp³-hybridized carbons (Fsp3) is 0.222. The number of amides is 3. The van der Waals surface area contributed by atoms with Crippen molar-refractivity contribution in [1.82, 2.24) is 5.32 Å². The maximum atomic E-state index is 13.1. The van der Waals surface area contributed by atoms with Gasteiger partial charge in [0.15, 0.2) is 0 Å². The molecule has 7 heteroatoms. The van der Waals surface area contributed by atoms with Crippen LogP contribution in [-0.4, -0.2) is 31.4 Å². The molecule has 7 nitrogen and oxygen atoms in total. The minimum Gasteiger partial charge on any atom is -0.495 e. The number of ether oxygens (including phenoxy) is 1. The molecule has 0 radical (unpaired) electrons. The van der Waals surface area contributed by atoms with Crippen molar-refractivity contribution in [1.29, 1.82) is 0 Å². The molecule has 0 bridgehead atoms. The summed E-state index contributed by atoms with van der Waals surface area (Å²) in [5, 5.41) is 5.84. The number of methoxy groups -OCH3 is 1. The summed E-state index contributed by atoms with van der Waals surface area (Å²) in [6.07, 6.45) is 0.0866. The van der Waals surface area contributed by atoms with E-state index in [9.17, 15) is 14.4 Å². The first kappa shape index (κ1) is 23.0. The van der Waals surface area contributed by atoms with Gasteiger partial charge >= 0.3 is 0 Å². The van der Waals surface area contributed by atoms with E-state index < -0.39 is 5.92 Å². The van der Waals surface area contributed by atoms with E-state index in [1.807, 2.05) is 49.4 Å². The molecule has 3 amide bonds. The molecule has 34 heavy (non-hydrogen) atoms. The van der Waals surface area contributed by atoms with Crippen LogP contribution in [0.5, 0.6) is 5.75 Å². The molecule has 2 unspecified atom stereocenters. The Bertz CT molecular complexity index is 1200. The fourth-order valence-electron chi connectivity index (χ4n) is 4.09. The molecule has 2 atom stereocenters. The van der Waals surface area contributed by atoms with Crippen molar-refractivity contribution in [2.24, 2.45) is 5.92 Å². The van der Waals surface area contributed by atoms with Gasteiger partial charge in [-0.2, -0.15) is 0 Å². The van der Waals surface area contributed by atoms with Gasteiger partial charge < -0.3 is 20.3 Å². The van der Waals surface area contributed by atoms with Crippen LogP contribution in [0.2, 0.25) is 0 Å². The van der Waals surface area contributed by atoms with Gasteiger partial charge in [0.25, 0.3) is 5.91 Å². The van der Waals surface area contributed by atoms with Crippen molar-refractivity contribution in [2.75, 3.05) is 23.9 Å². The molecule has 1 heterocycles. The number of rotatable bonds is 7. The van der Waals surface area contributed by atoms with Crippen LogP contribution < -0.4 is 20.3 Å². The molecule has 0 aliphatic carbocycles.